The number of amides is 1. The van der Waals surface area contributed by atoms with E-state index in [0.717, 1.165) is 42.1 Å². The van der Waals surface area contributed by atoms with Gasteiger partial charge in [-0.3, -0.25) is 9.88 Å². The maximum absolute atomic E-state index is 12.5. The molecule has 2 aliphatic heterocycles. The Hall–Kier alpha value is -2.70. The summed E-state index contributed by atoms with van der Waals surface area (Å²) in [5.74, 6) is 1.59. The Morgan fingerprint density at radius 3 is 2.62 bits per heavy atom. The predicted octanol–water partition coefficient (Wildman–Crippen LogP) is 3.00. The van der Waals surface area contributed by atoms with Crippen molar-refractivity contribution in [2.75, 3.05) is 18.0 Å². The fourth-order valence-electron chi connectivity index (χ4n) is 3.11. The molecule has 1 saturated heterocycles. The highest BCUT2D eigenvalue weighted by molar-refractivity contribution is 5.71. The molecular formula is C19H23N5O2. The van der Waals surface area contributed by atoms with Gasteiger partial charge in [0.1, 0.15) is 11.4 Å². The molecule has 4 heterocycles. The van der Waals surface area contributed by atoms with Crippen molar-refractivity contribution in [3.63, 3.8) is 0 Å². The number of carbonyl (C=O) groups is 1. The minimum atomic E-state index is -0.515. The van der Waals surface area contributed by atoms with Crippen LogP contribution in [0.5, 0.6) is 0 Å². The van der Waals surface area contributed by atoms with Crippen LogP contribution in [0.4, 0.5) is 10.6 Å². The molecule has 0 saturated carbocycles. The maximum Gasteiger partial charge on any atom is 0.410 e. The van der Waals surface area contributed by atoms with Crippen molar-refractivity contribution in [2.24, 2.45) is 0 Å². The fraction of sp³-hybridized carbons (Fsp3) is 0.474. The van der Waals surface area contributed by atoms with Crippen LogP contribution in [0.15, 0.2) is 24.5 Å². The number of pyridine rings is 1. The summed E-state index contributed by atoms with van der Waals surface area (Å²) in [4.78, 5) is 30.1. The summed E-state index contributed by atoms with van der Waals surface area (Å²) in [6, 6.07) is 3.83. The van der Waals surface area contributed by atoms with E-state index in [1.54, 1.807) is 17.3 Å². The zero-order valence-corrected chi connectivity index (χ0v) is 15.4. The lowest BCUT2D eigenvalue weighted by Crippen LogP contribution is -2.38. The van der Waals surface area contributed by atoms with E-state index in [2.05, 4.69) is 9.88 Å². The number of nitrogens with zero attached hydrogens (tertiary/aromatic N) is 5. The van der Waals surface area contributed by atoms with Crippen molar-refractivity contribution in [1.29, 1.82) is 0 Å². The molecule has 26 heavy (non-hydrogen) atoms. The van der Waals surface area contributed by atoms with Crippen LogP contribution >= 0.6 is 0 Å². The summed E-state index contributed by atoms with van der Waals surface area (Å²) in [6.45, 7) is 8.54. The molecule has 0 N–H and O–H groups in total. The smallest absolute Gasteiger partial charge is 0.410 e. The summed E-state index contributed by atoms with van der Waals surface area (Å²) < 4.78 is 5.52. The third-order valence-electron chi connectivity index (χ3n) is 4.49. The number of hydrogen-bond acceptors (Lipinski definition) is 6. The Morgan fingerprint density at radius 2 is 2.00 bits per heavy atom. The lowest BCUT2D eigenvalue weighted by atomic mass is 10.1. The van der Waals surface area contributed by atoms with E-state index in [9.17, 15) is 4.79 Å². The second-order valence-electron chi connectivity index (χ2n) is 7.71. The van der Waals surface area contributed by atoms with Gasteiger partial charge in [0.2, 0.25) is 0 Å². The molecule has 0 aromatic carbocycles. The SMILES string of the molecule is CC(C)(C)OC(=O)N1Cc2nc(-c3cccnc3)nc(N3CCC3)c2C1. The Morgan fingerprint density at radius 1 is 1.19 bits per heavy atom. The molecule has 0 aliphatic carbocycles. The topological polar surface area (TPSA) is 71.5 Å². The summed E-state index contributed by atoms with van der Waals surface area (Å²) in [5, 5.41) is 0. The van der Waals surface area contributed by atoms with E-state index in [1.165, 1.54) is 0 Å². The highest BCUT2D eigenvalue weighted by Gasteiger charge is 2.33. The Kier molecular flexibility index (Phi) is 4.01. The van der Waals surface area contributed by atoms with Crippen LogP contribution in [0.1, 0.15) is 38.4 Å². The number of aromatic nitrogens is 3. The Labute approximate surface area is 153 Å². The van der Waals surface area contributed by atoms with Crippen molar-refractivity contribution >= 4 is 11.9 Å². The number of ether oxygens (including phenoxy) is 1. The molecule has 2 aromatic rings. The molecule has 7 heteroatoms. The molecule has 2 aromatic heterocycles. The molecular weight excluding hydrogens is 330 g/mol. The molecule has 136 valence electrons. The molecule has 0 unspecified atom stereocenters. The van der Waals surface area contributed by atoms with Gasteiger partial charge in [-0.1, -0.05) is 0 Å². The second-order valence-corrected chi connectivity index (χ2v) is 7.71. The Bertz CT molecular complexity index is 828. The van der Waals surface area contributed by atoms with Gasteiger partial charge in [0, 0.05) is 36.6 Å². The van der Waals surface area contributed by atoms with Gasteiger partial charge in [-0.2, -0.15) is 0 Å². The molecule has 0 radical (unpaired) electrons. The van der Waals surface area contributed by atoms with E-state index in [1.807, 2.05) is 32.9 Å². The van der Waals surface area contributed by atoms with Gasteiger partial charge in [0.15, 0.2) is 5.82 Å². The van der Waals surface area contributed by atoms with Gasteiger partial charge in [-0.15, -0.1) is 0 Å². The van der Waals surface area contributed by atoms with Crippen LogP contribution in [0, 0.1) is 0 Å². The van der Waals surface area contributed by atoms with Crippen LogP contribution in [0.2, 0.25) is 0 Å². The molecule has 0 bridgehead atoms. The fourth-order valence-corrected chi connectivity index (χ4v) is 3.11. The quantitative estimate of drug-likeness (QED) is 0.826. The van der Waals surface area contributed by atoms with Crippen LogP contribution in [0.3, 0.4) is 0 Å². The van der Waals surface area contributed by atoms with Crippen LogP contribution < -0.4 is 4.90 Å². The summed E-state index contributed by atoms with van der Waals surface area (Å²) in [6.07, 6.45) is 4.35. The van der Waals surface area contributed by atoms with Gasteiger partial charge < -0.3 is 9.64 Å². The van der Waals surface area contributed by atoms with Gasteiger partial charge >= 0.3 is 6.09 Å². The third-order valence-corrected chi connectivity index (χ3v) is 4.49. The number of fused-ring (bicyclic) bond motifs is 1. The minimum absolute atomic E-state index is 0.312. The predicted molar refractivity (Wildman–Crippen MR) is 97.6 cm³/mol. The molecule has 2 aliphatic rings. The number of carbonyl (C=O) groups excluding carboxylic acids is 1. The lowest BCUT2D eigenvalue weighted by Gasteiger charge is -2.33. The first-order chi connectivity index (χ1) is 12.4. The van der Waals surface area contributed by atoms with Crippen molar-refractivity contribution < 1.29 is 9.53 Å². The monoisotopic (exact) mass is 353 g/mol. The lowest BCUT2D eigenvalue weighted by molar-refractivity contribution is 0.0241. The van der Waals surface area contributed by atoms with Gasteiger partial charge in [-0.05, 0) is 39.3 Å². The zero-order chi connectivity index (χ0) is 18.3. The van der Waals surface area contributed by atoms with Gasteiger partial charge in [-0.25, -0.2) is 14.8 Å². The highest BCUT2D eigenvalue weighted by atomic mass is 16.6. The molecule has 1 amide bonds. The van der Waals surface area contributed by atoms with Crippen molar-refractivity contribution in [3.8, 4) is 11.4 Å². The van der Waals surface area contributed by atoms with Crippen molar-refractivity contribution in [2.45, 2.75) is 45.9 Å². The minimum Gasteiger partial charge on any atom is -0.444 e. The standard InChI is InChI=1S/C19H23N5O2/c1-19(2,3)26-18(25)24-11-14-15(12-24)21-16(13-6-4-7-20-10-13)22-17(14)23-8-5-9-23/h4,6-7,10H,5,8-9,11-12H2,1-3H3. The van der Waals surface area contributed by atoms with E-state index in [0.29, 0.717) is 18.9 Å². The number of rotatable bonds is 2. The first-order valence-corrected chi connectivity index (χ1v) is 8.94. The average Bonchev–Trinajstić information content (AvgIpc) is 2.97. The van der Waals surface area contributed by atoms with Crippen molar-refractivity contribution in [1.82, 2.24) is 19.9 Å². The molecule has 4 rings (SSSR count). The molecule has 1 fully saturated rings. The first-order valence-electron chi connectivity index (χ1n) is 8.94. The largest absolute Gasteiger partial charge is 0.444 e. The Balaban J connectivity index is 1.67. The van der Waals surface area contributed by atoms with Gasteiger partial charge in [0.05, 0.1) is 18.8 Å². The van der Waals surface area contributed by atoms with Crippen molar-refractivity contribution in [3.05, 3.63) is 35.8 Å². The molecule has 0 atom stereocenters. The average molecular weight is 353 g/mol. The highest BCUT2D eigenvalue weighted by Crippen LogP contribution is 2.34. The first kappa shape index (κ1) is 16.8. The van der Waals surface area contributed by atoms with E-state index in [4.69, 9.17) is 14.7 Å². The molecule has 7 nitrogen and oxygen atoms in total. The van der Waals surface area contributed by atoms with Crippen LogP contribution in [-0.2, 0) is 17.8 Å². The zero-order valence-electron chi connectivity index (χ0n) is 15.4. The van der Waals surface area contributed by atoms with Crippen LogP contribution in [0.25, 0.3) is 11.4 Å². The van der Waals surface area contributed by atoms with Gasteiger partial charge in [0.25, 0.3) is 0 Å². The number of anilines is 1. The third kappa shape index (κ3) is 3.21. The maximum atomic E-state index is 12.5. The number of hydrogen-bond donors (Lipinski definition) is 0. The normalized spacial score (nSPS) is 16.3. The van der Waals surface area contributed by atoms with E-state index in [-0.39, 0.29) is 6.09 Å². The summed E-state index contributed by atoms with van der Waals surface area (Å²) in [5.41, 5.74) is 2.29. The van der Waals surface area contributed by atoms with E-state index < -0.39 is 5.60 Å². The summed E-state index contributed by atoms with van der Waals surface area (Å²) in [7, 11) is 0. The van der Waals surface area contributed by atoms with Crippen LogP contribution in [-0.4, -0.2) is 44.6 Å². The summed E-state index contributed by atoms with van der Waals surface area (Å²) >= 11 is 0. The molecule has 0 spiro atoms. The van der Waals surface area contributed by atoms with E-state index >= 15 is 0 Å². The second kappa shape index (κ2) is 6.23.